The van der Waals surface area contributed by atoms with Crippen molar-refractivity contribution in [3.05, 3.63) is 33.4 Å². The second-order valence-corrected chi connectivity index (χ2v) is 9.42. The van der Waals surface area contributed by atoms with Gasteiger partial charge >= 0.3 is 22.6 Å². The highest BCUT2D eigenvalue weighted by atomic mass is 35.5. The summed E-state index contributed by atoms with van der Waals surface area (Å²) in [5.41, 5.74) is -5.20. The van der Waals surface area contributed by atoms with Crippen molar-refractivity contribution in [3.8, 4) is 17.8 Å². The number of nitrogens with zero attached hydrogens (tertiary/aromatic N) is 4. The van der Waals surface area contributed by atoms with Crippen LogP contribution in [-0.4, -0.2) is 22.1 Å². The minimum Gasteiger partial charge on any atom is -0.383 e. The van der Waals surface area contributed by atoms with E-state index in [9.17, 15) is 45.8 Å². The lowest BCUT2D eigenvalue weighted by Gasteiger charge is -2.40. The summed E-state index contributed by atoms with van der Waals surface area (Å²) in [5.74, 6) is -1.72. The molecular formula is C14H4Cl2F11N5S. The summed E-state index contributed by atoms with van der Waals surface area (Å²) >= 11 is 11.0. The van der Waals surface area contributed by atoms with E-state index in [0.717, 1.165) is 6.07 Å². The third-order valence-electron chi connectivity index (χ3n) is 4.07. The number of benzene rings is 1. The highest BCUT2D eigenvalue weighted by molar-refractivity contribution is 8.45. The fraction of sp³-hybridized carbons (Fsp3) is 0.214. The van der Waals surface area contributed by atoms with Crippen LogP contribution in [0.4, 0.5) is 51.6 Å². The van der Waals surface area contributed by atoms with Gasteiger partial charge in [-0.25, -0.2) is 4.68 Å². The number of hydrogen-bond acceptors (Lipinski definition) is 4. The van der Waals surface area contributed by atoms with E-state index in [1.807, 2.05) is 0 Å². The van der Waals surface area contributed by atoms with Crippen LogP contribution in [0.3, 0.4) is 0 Å². The van der Waals surface area contributed by atoms with Crippen LogP contribution in [0.25, 0.3) is 5.69 Å². The Morgan fingerprint density at radius 3 is 1.64 bits per heavy atom. The van der Waals surface area contributed by atoms with Gasteiger partial charge < -0.3 is 5.73 Å². The van der Waals surface area contributed by atoms with Crippen LogP contribution in [0.1, 0.15) is 11.3 Å². The molecule has 0 saturated heterocycles. The first-order chi connectivity index (χ1) is 14.4. The summed E-state index contributed by atoms with van der Waals surface area (Å²) in [7, 11) is -10.4. The standard InChI is InChI=1S/C14H4Cl2F11N5S/c15-6-1-5(33(23,24,25,26)27)2-7(16)10(6)32-11(30)9(8(3-28)31-32)12(4-29,13(17,18)19)14(20,21)22/h1-2H,30H2. The topological polar surface area (TPSA) is 91.4 Å². The lowest BCUT2D eigenvalue weighted by atomic mass is 9.79. The van der Waals surface area contributed by atoms with E-state index in [4.69, 9.17) is 39.5 Å². The van der Waals surface area contributed by atoms with E-state index in [2.05, 4.69) is 5.10 Å². The molecule has 33 heavy (non-hydrogen) atoms. The average molecular weight is 554 g/mol. The number of rotatable bonds is 3. The Bertz CT molecular complexity index is 1200. The van der Waals surface area contributed by atoms with Crippen LogP contribution >= 0.6 is 33.4 Å². The van der Waals surface area contributed by atoms with Gasteiger partial charge in [-0.1, -0.05) is 42.6 Å². The van der Waals surface area contributed by atoms with Gasteiger partial charge in [0.1, 0.15) is 22.5 Å². The van der Waals surface area contributed by atoms with Gasteiger partial charge in [-0.15, -0.1) is 0 Å². The predicted octanol–water partition coefficient (Wildman–Crippen LogP) is 7.18. The van der Waals surface area contributed by atoms with Gasteiger partial charge in [0.15, 0.2) is 5.69 Å². The SMILES string of the molecule is N#Cc1nn(-c2c(Cl)cc(S(F)(F)(F)(F)F)cc2Cl)c(N)c1C(C#N)(C(F)(F)F)C(F)(F)F. The van der Waals surface area contributed by atoms with E-state index < -0.39 is 77.8 Å². The summed E-state index contributed by atoms with van der Waals surface area (Å²) in [4.78, 5) is -2.64. The molecule has 0 unspecified atom stereocenters. The lowest BCUT2D eigenvalue weighted by Crippen LogP contribution is -2.53. The molecule has 0 fully saturated rings. The molecule has 0 aliphatic rings. The summed E-state index contributed by atoms with van der Waals surface area (Å²) in [6.07, 6.45) is -12.8. The minimum absolute atomic E-state index is 0.0167. The Morgan fingerprint density at radius 2 is 1.33 bits per heavy atom. The molecule has 2 N–H and O–H groups in total. The number of hydrogen-bond donors (Lipinski definition) is 1. The van der Waals surface area contributed by atoms with Gasteiger partial charge in [-0.2, -0.15) is 42.0 Å². The summed E-state index contributed by atoms with van der Waals surface area (Å²) in [5, 5.41) is 18.2. The first-order valence-electron chi connectivity index (χ1n) is 7.50. The fourth-order valence-corrected chi connectivity index (χ4v) is 4.10. The zero-order valence-electron chi connectivity index (χ0n) is 14.8. The predicted molar refractivity (Wildman–Crippen MR) is 93.5 cm³/mol. The van der Waals surface area contributed by atoms with Crippen molar-refractivity contribution < 1.29 is 45.8 Å². The fourth-order valence-electron chi connectivity index (χ4n) is 2.64. The molecule has 2 aromatic rings. The molecule has 0 saturated carbocycles. The molecule has 1 aromatic carbocycles. The van der Waals surface area contributed by atoms with Crippen molar-refractivity contribution in [3.63, 3.8) is 0 Å². The van der Waals surface area contributed by atoms with E-state index >= 15 is 0 Å². The Morgan fingerprint density at radius 1 is 0.909 bits per heavy atom. The number of nitriles is 2. The molecule has 2 rings (SSSR count). The first kappa shape index (κ1) is 26.6. The van der Waals surface area contributed by atoms with Crippen molar-refractivity contribution in [2.24, 2.45) is 0 Å². The minimum atomic E-state index is -10.4. The average Bonchev–Trinajstić information content (AvgIpc) is 2.88. The van der Waals surface area contributed by atoms with Crippen molar-refractivity contribution in [1.29, 1.82) is 10.5 Å². The maximum Gasteiger partial charge on any atom is 0.420 e. The number of nitrogen functional groups attached to an aromatic ring is 1. The van der Waals surface area contributed by atoms with Gasteiger partial charge in [0.25, 0.3) is 5.41 Å². The largest absolute Gasteiger partial charge is 0.420 e. The summed E-state index contributed by atoms with van der Waals surface area (Å²) in [6, 6.07) is 0.0413. The van der Waals surface area contributed by atoms with Crippen molar-refractivity contribution >= 4 is 39.2 Å². The Balaban J connectivity index is 3.01. The molecule has 0 radical (unpaired) electrons. The highest BCUT2D eigenvalue weighted by Gasteiger charge is 2.75. The van der Waals surface area contributed by atoms with Gasteiger partial charge in [-0.3, -0.25) is 0 Å². The zero-order chi connectivity index (χ0) is 26.1. The molecule has 1 heterocycles. The van der Waals surface area contributed by atoms with Gasteiger partial charge in [0.2, 0.25) is 0 Å². The molecule has 19 heteroatoms. The van der Waals surface area contributed by atoms with E-state index in [1.165, 1.54) is 0 Å². The van der Waals surface area contributed by atoms with Crippen LogP contribution in [0.5, 0.6) is 0 Å². The summed E-state index contributed by atoms with van der Waals surface area (Å²) in [6.45, 7) is 0. The van der Waals surface area contributed by atoms with Crippen LogP contribution in [-0.2, 0) is 5.41 Å². The maximum atomic E-state index is 13.5. The number of alkyl halides is 6. The molecule has 1 aromatic heterocycles. The second kappa shape index (κ2) is 6.71. The molecule has 0 spiro atoms. The van der Waals surface area contributed by atoms with Crippen molar-refractivity contribution in [1.82, 2.24) is 9.78 Å². The normalized spacial score (nSPS) is 15.4. The Hall–Kier alpha value is -2.63. The maximum absolute atomic E-state index is 13.5. The first-order valence-corrected chi connectivity index (χ1v) is 10.2. The van der Waals surface area contributed by atoms with Gasteiger partial charge in [0, 0.05) is 0 Å². The number of aromatic nitrogens is 2. The van der Waals surface area contributed by atoms with E-state index in [1.54, 1.807) is 0 Å². The number of anilines is 1. The number of halogens is 13. The van der Waals surface area contributed by atoms with Gasteiger partial charge in [0.05, 0.1) is 21.7 Å². The quantitative estimate of drug-likeness (QED) is 0.407. The van der Waals surface area contributed by atoms with Crippen LogP contribution < -0.4 is 5.73 Å². The third-order valence-corrected chi connectivity index (χ3v) is 5.77. The van der Waals surface area contributed by atoms with Crippen LogP contribution in [0.2, 0.25) is 10.0 Å². The molecule has 0 amide bonds. The smallest absolute Gasteiger partial charge is 0.383 e. The molecule has 0 atom stereocenters. The lowest BCUT2D eigenvalue weighted by molar-refractivity contribution is -0.283. The van der Waals surface area contributed by atoms with Crippen molar-refractivity contribution in [2.45, 2.75) is 22.7 Å². The molecule has 182 valence electrons. The van der Waals surface area contributed by atoms with Gasteiger partial charge in [-0.05, 0) is 12.1 Å². The molecule has 5 nitrogen and oxygen atoms in total. The molecule has 0 aliphatic heterocycles. The van der Waals surface area contributed by atoms with Crippen molar-refractivity contribution in [2.75, 3.05) is 5.73 Å². The third kappa shape index (κ3) is 4.20. The Kier molecular flexibility index (Phi) is 5.41. The Labute approximate surface area is 185 Å². The molecular weight excluding hydrogens is 550 g/mol. The monoisotopic (exact) mass is 553 g/mol. The summed E-state index contributed by atoms with van der Waals surface area (Å²) < 4.78 is 146. The highest BCUT2D eigenvalue weighted by Crippen LogP contribution is 3.02. The van der Waals surface area contributed by atoms with E-state index in [-0.39, 0.29) is 10.8 Å². The molecule has 0 bridgehead atoms. The molecule has 0 aliphatic carbocycles. The van der Waals surface area contributed by atoms with Crippen LogP contribution in [0.15, 0.2) is 17.0 Å². The van der Waals surface area contributed by atoms with Crippen LogP contribution in [0, 0.1) is 22.7 Å². The zero-order valence-corrected chi connectivity index (χ0v) is 17.2. The second-order valence-electron chi connectivity index (χ2n) is 6.19. The van der Waals surface area contributed by atoms with E-state index in [0.29, 0.717) is 0 Å². The number of nitrogens with two attached hydrogens (primary N) is 1.